The van der Waals surface area contributed by atoms with E-state index >= 15 is 0 Å². The third-order valence-electron chi connectivity index (χ3n) is 1.95. The second kappa shape index (κ2) is 3.63. The van der Waals surface area contributed by atoms with E-state index in [0.29, 0.717) is 5.56 Å². The second-order valence-corrected chi connectivity index (χ2v) is 3.43. The molecule has 1 aromatic heterocycles. The molecule has 0 amide bonds. The standard InChI is InChI=1S/C9H12N2O3/c1-9(10,5-8(13)14)6-2-3-11-7(12)4-6/h2-4H,5,10H2,1H3,(H,11,12)(H,13,14). The highest BCUT2D eigenvalue weighted by molar-refractivity contribution is 5.68. The van der Waals surface area contributed by atoms with Gasteiger partial charge in [-0.2, -0.15) is 0 Å². The van der Waals surface area contributed by atoms with Gasteiger partial charge in [-0.05, 0) is 18.6 Å². The highest BCUT2D eigenvalue weighted by Gasteiger charge is 2.24. The summed E-state index contributed by atoms with van der Waals surface area (Å²) in [6, 6.07) is 2.91. The van der Waals surface area contributed by atoms with Crippen LogP contribution in [-0.2, 0) is 10.3 Å². The van der Waals surface area contributed by atoms with Crippen LogP contribution in [-0.4, -0.2) is 16.1 Å². The molecule has 1 rings (SSSR count). The fraction of sp³-hybridized carbons (Fsp3) is 0.333. The fourth-order valence-corrected chi connectivity index (χ4v) is 1.22. The largest absolute Gasteiger partial charge is 0.481 e. The average molecular weight is 196 g/mol. The lowest BCUT2D eigenvalue weighted by Crippen LogP contribution is -2.36. The number of pyridine rings is 1. The van der Waals surface area contributed by atoms with E-state index in [0.717, 1.165) is 0 Å². The first kappa shape index (κ1) is 10.5. The van der Waals surface area contributed by atoms with Crippen LogP contribution in [0, 0.1) is 0 Å². The highest BCUT2D eigenvalue weighted by atomic mass is 16.4. The maximum atomic E-state index is 11.0. The van der Waals surface area contributed by atoms with Gasteiger partial charge in [0.1, 0.15) is 0 Å². The van der Waals surface area contributed by atoms with E-state index in [-0.39, 0.29) is 12.0 Å². The molecule has 1 unspecified atom stereocenters. The molecule has 1 atom stereocenters. The van der Waals surface area contributed by atoms with Crippen molar-refractivity contribution in [2.24, 2.45) is 5.73 Å². The number of nitrogens with one attached hydrogen (secondary N) is 1. The molecule has 0 bridgehead atoms. The molecule has 0 aliphatic heterocycles. The number of hydrogen-bond acceptors (Lipinski definition) is 3. The predicted octanol–water partition coefficient (Wildman–Crippen LogP) is 0.0235. The maximum Gasteiger partial charge on any atom is 0.305 e. The molecule has 0 spiro atoms. The van der Waals surface area contributed by atoms with Crippen LogP contribution in [0.1, 0.15) is 18.9 Å². The van der Waals surface area contributed by atoms with Gasteiger partial charge in [0, 0.05) is 17.8 Å². The fourth-order valence-electron chi connectivity index (χ4n) is 1.22. The number of hydrogen-bond donors (Lipinski definition) is 3. The number of aromatic amines is 1. The second-order valence-electron chi connectivity index (χ2n) is 3.43. The van der Waals surface area contributed by atoms with E-state index < -0.39 is 11.5 Å². The molecule has 0 radical (unpaired) electrons. The molecule has 76 valence electrons. The Bertz CT molecular complexity index is 395. The van der Waals surface area contributed by atoms with Crippen LogP contribution in [0.4, 0.5) is 0 Å². The smallest absolute Gasteiger partial charge is 0.305 e. The molecular weight excluding hydrogens is 184 g/mol. The van der Waals surface area contributed by atoms with Gasteiger partial charge in [0.05, 0.1) is 6.42 Å². The first-order chi connectivity index (χ1) is 6.42. The summed E-state index contributed by atoms with van der Waals surface area (Å²) in [6.45, 7) is 1.58. The first-order valence-electron chi connectivity index (χ1n) is 4.12. The van der Waals surface area contributed by atoms with Gasteiger partial charge in [-0.3, -0.25) is 9.59 Å². The van der Waals surface area contributed by atoms with Gasteiger partial charge in [-0.25, -0.2) is 0 Å². The third-order valence-corrected chi connectivity index (χ3v) is 1.95. The van der Waals surface area contributed by atoms with Crippen molar-refractivity contribution in [3.05, 3.63) is 34.2 Å². The maximum absolute atomic E-state index is 11.0. The summed E-state index contributed by atoms with van der Waals surface area (Å²) < 4.78 is 0. The number of H-pyrrole nitrogens is 1. The van der Waals surface area contributed by atoms with Crippen LogP contribution in [0.2, 0.25) is 0 Å². The average Bonchev–Trinajstić information content (AvgIpc) is 2.01. The highest BCUT2D eigenvalue weighted by Crippen LogP contribution is 2.19. The molecule has 14 heavy (non-hydrogen) atoms. The van der Waals surface area contributed by atoms with Crippen LogP contribution in [0.25, 0.3) is 0 Å². The molecule has 5 nitrogen and oxygen atoms in total. The zero-order chi connectivity index (χ0) is 10.8. The van der Waals surface area contributed by atoms with Crippen LogP contribution < -0.4 is 11.3 Å². The van der Waals surface area contributed by atoms with E-state index in [9.17, 15) is 9.59 Å². The minimum Gasteiger partial charge on any atom is -0.481 e. The van der Waals surface area contributed by atoms with Crippen molar-refractivity contribution in [1.29, 1.82) is 0 Å². The van der Waals surface area contributed by atoms with Crippen LogP contribution in [0.15, 0.2) is 23.1 Å². The molecule has 1 aromatic rings. The number of carboxylic acids is 1. The third kappa shape index (κ3) is 2.43. The van der Waals surface area contributed by atoms with Crippen molar-refractivity contribution >= 4 is 5.97 Å². The van der Waals surface area contributed by atoms with E-state index in [4.69, 9.17) is 10.8 Å². The Kier molecular flexibility index (Phi) is 2.71. The molecule has 0 aliphatic rings. The van der Waals surface area contributed by atoms with E-state index in [1.807, 2.05) is 0 Å². The van der Waals surface area contributed by atoms with Gasteiger partial charge in [0.15, 0.2) is 0 Å². The number of carboxylic acid groups (broad SMARTS) is 1. The summed E-state index contributed by atoms with van der Waals surface area (Å²) in [5.41, 5.74) is 4.99. The molecular formula is C9H12N2O3. The lowest BCUT2D eigenvalue weighted by atomic mass is 9.91. The quantitative estimate of drug-likeness (QED) is 0.635. The van der Waals surface area contributed by atoms with Crippen molar-refractivity contribution in [1.82, 2.24) is 4.98 Å². The molecule has 5 heteroatoms. The molecule has 1 heterocycles. The Hall–Kier alpha value is -1.62. The van der Waals surface area contributed by atoms with Crippen molar-refractivity contribution in [3.8, 4) is 0 Å². The van der Waals surface area contributed by atoms with Crippen LogP contribution in [0.5, 0.6) is 0 Å². The van der Waals surface area contributed by atoms with Crippen molar-refractivity contribution in [2.45, 2.75) is 18.9 Å². The Morgan fingerprint density at radius 3 is 2.86 bits per heavy atom. The lowest BCUT2D eigenvalue weighted by molar-refractivity contribution is -0.138. The zero-order valence-electron chi connectivity index (χ0n) is 7.78. The van der Waals surface area contributed by atoms with Gasteiger partial charge in [0.2, 0.25) is 5.56 Å². The lowest BCUT2D eigenvalue weighted by Gasteiger charge is -2.22. The summed E-state index contributed by atoms with van der Waals surface area (Å²) in [7, 11) is 0. The van der Waals surface area contributed by atoms with Gasteiger partial charge >= 0.3 is 5.97 Å². The Balaban J connectivity index is 3.03. The SMILES string of the molecule is CC(N)(CC(=O)O)c1cc[nH]c(=O)c1. The van der Waals surface area contributed by atoms with Crippen LogP contribution in [0.3, 0.4) is 0 Å². The van der Waals surface area contributed by atoms with Crippen molar-refractivity contribution < 1.29 is 9.90 Å². The van der Waals surface area contributed by atoms with E-state index in [1.165, 1.54) is 12.3 Å². The molecule has 0 aromatic carbocycles. The Labute approximate surface area is 80.6 Å². The number of nitrogens with two attached hydrogens (primary N) is 1. The molecule has 0 saturated heterocycles. The summed E-state index contributed by atoms with van der Waals surface area (Å²) in [5.74, 6) is -0.990. The predicted molar refractivity (Wildman–Crippen MR) is 50.9 cm³/mol. The minimum absolute atomic E-state index is 0.212. The monoisotopic (exact) mass is 196 g/mol. The number of aromatic nitrogens is 1. The van der Waals surface area contributed by atoms with E-state index in [1.54, 1.807) is 13.0 Å². The number of rotatable bonds is 3. The molecule has 0 aliphatic carbocycles. The Morgan fingerprint density at radius 2 is 2.36 bits per heavy atom. The minimum atomic E-state index is -1.01. The molecule has 4 N–H and O–H groups in total. The summed E-state index contributed by atoms with van der Waals surface area (Å²) in [5, 5.41) is 8.61. The normalized spacial score (nSPS) is 14.7. The van der Waals surface area contributed by atoms with Crippen molar-refractivity contribution in [3.63, 3.8) is 0 Å². The zero-order valence-corrected chi connectivity index (χ0v) is 7.78. The number of carbonyl (C=O) groups is 1. The summed E-state index contributed by atoms with van der Waals surface area (Å²) in [4.78, 5) is 23.9. The van der Waals surface area contributed by atoms with Gasteiger partial charge in [0.25, 0.3) is 0 Å². The van der Waals surface area contributed by atoms with E-state index in [2.05, 4.69) is 4.98 Å². The first-order valence-corrected chi connectivity index (χ1v) is 4.12. The van der Waals surface area contributed by atoms with Gasteiger partial charge < -0.3 is 15.8 Å². The summed E-state index contributed by atoms with van der Waals surface area (Å²) in [6.07, 6.45) is 1.24. The summed E-state index contributed by atoms with van der Waals surface area (Å²) >= 11 is 0. The van der Waals surface area contributed by atoms with Crippen molar-refractivity contribution in [2.75, 3.05) is 0 Å². The Morgan fingerprint density at radius 1 is 1.71 bits per heavy atom. The van der Waals surface area contributed by atoms with Gasteiger partial charge in [-0.15, -0.1) is 0 Å². The molecule has 0 saturated carbocycles. The topological polar surface area (TPSA) is 96.2 Å². The molecule has 0 fully saturated rings. The van der Waals surface area contributed by atoms with Crippen LogP contribution >= 0.6 is 0 Å². The number of aliphatic carboxylic acids is 1. The van der Waals surface area contributed by atoms with Gasteiger partial charge in [-0.1, -0.05) is 0 Å².